The van der Waals surface area contributed by atoms with Crippen molar-refractivity contribution in [3.8, 4) is 0 Å². The van der Waals surface area contributed by atoms with Crippen LogP contribution in [0.5, 0.6) is 0 Å². The summed E-state index contributed by atoms with van der Waals surface area (Å²) in [5.74, 6) is 0. The molecule has 1 fully saturated rings. The summed E-state index contributed by atoms with van der Waals surface area (Å²) < 4.78 is 6.35. The van der Waals surface area contributed by atoms with Crippen LogP contribution in [0.15, 0.2) is 12.2 Å². The van der Waals surface area contributed by atoms with Gasteiger partial charge in [-0.3, -0.25) is 0 Å². The zero-order chi connectivity index (χ0) is 14.8. The first-order valence-corrected chi connectivity index (χ1v) is 8.66. The van der Waals surface area contributed by atoms with E-state index in [-0.39, 0.29) is 5.60 Å². The molecule has 1 rings (SSSR count). The maximum Gasteiger partial charge on any atom is 0.0834 e. The third-order valence-electron chi connectivity index (χ3n) is 4.52. The van der Waals surface area contributed by atoms with Crippen molar-refractivity contribution in [2.45, 2.75) is 90.2 Å². The molecule has 118 valence electrons. The van der Waals surface area contributed by atoms with E-state index in [1.165, 1.54) is 50.5 Å². The Kier molecular flexibility index (Phi) is 8.47. The largest absolute Gasteiger partial charge is 0.374 e. The molecule has 0 saturated heterocycles. The van der Waals surface area contributed by atoms with E-state index in [4.69, 9.17) is 4.74 Å². The van der Waals surface area contributed by atoms with Crippen LogP contribution in [-0.4, -0.2) is 24.8 Å². The topological polar surface area (TPSA) is 21.3 Å². The van der Waals surface area contributed by atoms with Gasteiger partial charge in [0, 0.05) is 12.6 Å². The molecule has 20 heavy (non-hydrogen) atoms. The lowest BCUT2D eigenvalue weighted by Crippen LogP contribution is -2.52. The van der Waals surface area contributed by atoms with E-state index >= 15 is 0 Å². The first-order valence-electron chi connectivity index (χ1n) is 8.66. The highest BCUT2D eigenvalue weighted by Gasteiger charge is 2.39. The molecule has 0 aromatic heterocycles. The van der Waals surface area contributed by atoms with E-state index in [2.05, 4.69) is 32.7 Å². The lowest BCUT2D eigenvalue weighted by atomic mass is 9.83. The highest BCUT2D eigenvalue weighted by atomic mass is 16.5. The monoisotopic (exact) mass is 281 g/mol. The standard InChI is InChI=1S/C18H35NO/c1-5-15-19-17(12-11-16(3)4)18(20-6-2)13-9-7-8-10-14-18/h17,19H,3,5-15H2,1-2,4H3. The van der Waals surface area contributed by atoms with Crippen molar-refractivity contribution in [2.24, 2.45) is 0 Å². The van der Waals surface area contributed by atoms with Gasteiger partial charge in [-0.05, 0) is 52.5 Å². The number of nitrogens with one attached hydrogen (secondary N) is 1. The Hall–Kier alpha value is -0.340. The van der Waals surface area contributed by atoms with E-state index in [1.807, 2.05) is 0 Å². The molecule has 2 nitrogen and oxygen atoms in total. The van der Waals surface area contributed by atoms with Crippen molar-refractivity contribution in [3.05, 3.63) is 12.2 Å². The normalized spacial score (nSPS) is 20.4. The number of ether oxygens (including phenoxy) is 1. The second kappa shape index (κ2) is 9.57. The van der Waals surface area contributed by atoms with E-state index in [0.717, 1.165) is 26.0 Å². The Morgan fingerprint density at radius 1 is 1.20 bits per heavy atom. The van der Waals surface area contributed by atoms with Crippen LogP contribution in [0.25, 0.3) is 0 Å². The summed E-state index contributed by atoms with van der Waals surface area (Å²) >= 11 is 0. The minimum Gasteiger partial charge on any atom is -0.374 e. The average Bonchev–Trinajstić information content (AvgIpc) is 2.65. The quantitative estimate of drug-likeness (QED) is 0.482. The number of rotatable bonds is 9. The van der Waals surface area contributed by atoms with Gasteiger partial charge in [-0.15, -0.1) is 6.58 Å². The fraction of sp³-hybridized carbons (Fsp3) is 0.889. The molecule has 0 aromatic rings. The van der Waals surface area contributed by atoms with Gasteiger partial charge >= 0.3 is 0 Å². The van der Waals surface area contributed by atoms with Crippen molar-refractivity contribution in [1.29, 1.82) is 0 Å². The SMILES string of the molecule is C=C(C)CCC(NCCC)C1(OCC)CCCCCC1. The predicted molar refractivity (Wildman–Crippen MR) is 88.2 cm³/mol. The van der Waals surface area contributed by atoms with Gasteiger partial charge in [-0.2, -0.15) is 0 Å². The molecule has 1 aliphatic carbocycles. The fourth-order valence-corrected chi connectivity index (χ4v) is 3.47. The zero-order valence-corrected chi connectivity index (χ0v) is 14.0. The number of hydrogen-bond donors (Lipinski definition) is 1. The van der Waals surface area contributed by atoms with Gasteiger partial charge in [0.2, 0.25) is 0 Å². The zero-order valence-electron chi connectivity index (χ0n) is 14.0. The van der Waals surface area contributed by atoms with E-state index in [1.54, 1.807) is 0 Å². The molecule has 2 heteroatoms. The van der Waals surface area contributed by atoms with Crippen LogP contribution in [0.4, 0.5) is 0 Å². The first-order chi connectivity index (χ1) is 9.64. The highest BCUT2D eigenvalue weighted by molar-refractivity contribution is 4.98. The lowest BCUT2D eigenvalue weighted by molar-refractivity contribution is -0.0784. The average molecular weight is 281 g/mol. The summed E-state index contributed by atoms with van der Waals surface area (Å²) in [6, 6.07) is 0.484. The Bertz CT molecular complexity index is 267. The Labute approximate surface area is 126 Å². The minimum absolute atomic E-state index is 0.0653. The third-order valence-corrected chi connectivity index (χ3v) is 4.52. The van der Waals surface area contributed by atoms with Crippen LogP contribution in [0.1, 0.15) is 78.6 Å². The van der Waals surface area contributed by atoms with Crippen LogP contribution >= 0.6 is 0 Å². The van der Waals surface area contributed by atoms with Gasteiger partial charge in [0.25, 0.3) is 0 Å². The van der Waals surface area contributed by atoms with Crippen LogP contribution in [0.2, 0.25) is 0 Å². The van der Waals surface area contributed by atoms with Crippen molar-refractivity contribution < 1.29 is 4.74 Å². The molecule has 0 amide bonds. The summed E-state index contributed by atoms with van der Waals surface area (Å²) in [5.41, 5.74) is 1.35. The summed E-state index contributed by atoms with van der Waals surface area (Å²) in [4.78, 5) is 0. The van der Waals surface area contributed by atoms with Crippen molar-refractivity contribution in [3.63, 3.8) is 0 Å². The molecular formula is C18H35NO. The number of allylic oxidation sites excluding steroid dienone is 1. The molecule has 1 saturated carbocycles. The van der Waals surface area contributed by atoms with Gasteiger partial charge in [-0.25, -0.2) is 0 Å². The second-order valence-electron chi connectivity index (χ2n) is 6.41. The maximum atomic E-state index is 6.35. The molecule has 0 heterocycles. The molecule has 1 N–H and O–H groups in total. The molecular weight excluding hydrogens is 246 g/mol. The third kappa shape index (κ3) is 5.57. The molecule has 0 radical (unpaired) electrons. The van der Waals surface area contributed by atoms with Crippen molar-refractivity contribution in [1.82, 2.24) is 5.32 Å². The summed E-state index contributed by atoms with van der Waals surface area (Å²) in [5, 5.41) is 3.78. The Balaban J connectivity index is 2.79. The molecule has 1 atom stereocenters. The molecule has 1 unspecified atom stereocenters. The summed E-state index contributed by atoms with van der Waals surface area (Å²) in [7, 11) is 0. The summed E-state index contributed by atoms with van der Waals surface area (Å²) in [6.45, 7) is 12.5. The van der Waals surface area contributed by atoms with Gasteiger partial charge in [-0.1, -0.05) is 38.2 Å². The fourth-order valence-electron chi connectivity index (χ4n) is 3.47. The lowest BCUT2D eigenvalue weighted by Gasteiger charge is -2.41. The van der Waals surface area contributed by atoms with Gasteiger partial charge in [0.15, 0.2) is 0 Å². The minimum atomic E-state index is 0.0653. The Morgan fingerprint density at radius 2 is 1.85 bits per heavy atom. The maximum absolute atomic E-state index is 6.35. The predicted octanol–water partition coefficient (Wildman–Crippen LogP) is 4.84. The smallest absolute Gasteiger partial charge is 0.0834 e. The molecule has 0 spiro atoms. The molecule has 1 aliphatic rings. The first kappa shape index (κ1) is 17.7. The second-order valence-corrected chi connectivity index (χ2v) is 6.41. The molecule has 0 bridgehead atoms. The van der Waals surface area contributed by atoms with Gasteiger partial charge < -0.3 is 10.1 Å². The Morgan fingerprint density at radius 3 is 2.35 bits per heavy atom. The molecule has 0 aliphatic heterocycles. The van der Waals surface area contributed by atoms with E-state index < -0.39 is 0 Å². The van der Waals surface area contributed by atoms with Crippen molar-refractivity contribution in [2.75, 3.05) is 13.2 Å². The van der Waals surface area contributed by atoms with E-state index in [9.17, 15) is 0 Å². The van der Waals surface area contributed by atoms with Crippen LogP contribution in [0, 0.1) is 0 Å². The molecule has 0 aromatic carbocycles. The van der Waals surface area contributed by atoms with Crippen LogP contribution in [0.3, 0.4) is 0 Å². The van der Waals surface area contributed by atoms with Crippen LogP contribution in [-0.2, 0) is 4.74 Å². The summed E-state index contributed by atoms with van der Waals surface area (Å²) in [6.07, 6.45) is 11.3. The van der Waals surface area contributed by atoms with E-state index in [0.29, 0.717) is 6.04 Å². The van der Waals surface area contributed by atoms with Crippen LogP contribution < -0.4 is 5.32 Å². The number of hydrogen-bond acceptors (Lipinski definition) is 2. The van der Waals surface area contributed by atoms with Crippen molar-refractivity contribution >= 4 is 0 Å². The van der Waals surface area contributed by atoms with Gasteiger partial charge in [0.1, 0.15) is 0 Å². The van der Waals surface area contributed by atoms with Gasteiger partial charge in [0.05, 0.1) is 5.60 Å². The highest BCUT2D eigenvalue weighted by Crippen LogP contribution is 2.35.